The number of ether oxygens (including phenoxy) is 2. The lowest BCUT2D eigenvalue weighted by atomic mass is 9.83. The summed E-state index contributed by atoms with van der Waals surface area (Å²) in [6.07, 6.45) is 5.30. The number of benzene rings is 1. The maximum Gasteiger partial charge on any atom is 0.119 e. The molecule has 0 radical (unpaired) electrons. The maximum absolute atomic E-state index is 5.79. The number of rotatable bonds is 6. The van der Waals surface area contributed by atoms with Crippen LogP contribution in [-0.2, 0) is 11.3 Å². The van der Waals surface area contributed by atoms with E-state index in [0.717, 1.165) is 29.4 Å². The predicted molar refractivity (Wildman–Crippen MR) is 80.5 cm³/mol. The summed E-state index contributed by atoms with van der Waals surface area (Å²) < 4.78 is 11.0. The molecule has 1 aromatic rings. The maximum atomic E-state index is 5.79. The van der Waals surface area contributed by atoms with E-state index >= 15 is 0 Å². The zero-order valence-electron chi connectivity index (χ0n) is 12.2. The van der Waals surface area contributed by atoms with E-state index in [1.165, 1.54) is 25.7 Å². The van der Waals surface area contributed by atoms with Crippen LogP contribution in [0.15, 0.2) is 18.2 Å². The van der Waals surface area contributed by atoms with Crippen LogP contribution in [0.5, 0.6) is 5.75 Å². The van der Waals surface area contributed by atoms with E-state index < -0.39 is 0 Å². The van der Waals surface area contributed by atoms with E-state index in [0.29, 0.717) is 13.2 Å². The molecule has 1 aliphatic carbocycles. The van der Waals surface area contributed by atoms with E-state index in [2.05, 4.69) is 11.8 Å². The van der Waals surface area contributed by atoms with Gasteiger partial charge in [0.15, 0.2) is 0 Å². The van der Waals surface area contributed by atoms with Crippen molar-refractivity contribution in [2.45, 2.75) is 32.3 Å². The fraction of sp³-hybridized carbons (Fsp3) is 0.529. The van der Waals surface area contributed by atoms with Crippen LogP contribution in [0.2, 0.25) is 0 Å². The summed E-state index contributed by atoms with van der Waals surface area (Å²) in [5.74, 6) is 7.70. The first-order chi connectivity index (χ1) is 9.83. The fourth-order valence-corrected chi connectivity index (χ4v) is 2.30. The quantitative estimate of drug-likeness (QED) is 0.640. The lowest BCUT2D eigenvalue weighted by Crippen LogP contribution is -2.13. The van der Waals surface area contributed by atoms with Crippen LogP contribution in [0.25, 0.3) is 0 Å². The minimum absolute atomic E-state index is 0.369. The van der Waals surface area contributed by atoms with Crippen LogP contribution in [0.4, 0.5) is 0 Å². The van der Waals surface area contributed by atoms with E-state index in [-0.39, 0.29) is 0 Å². The Morgan fingerprint density at radius 3 is 2.85 bits per heavy atom. The number of nitrogens with two attached hydrogens (primary N) is 1. The van der Waals surface area contributed by atoms with Crippen LogP contribution < -0.4 is 10.5 Å². The van der Waals surface area contributed by atoms with Gasteiger partial charge in [-0.1, -0.05) is 31.1 Å². The van der Waals surface area contributed by atoms with Gasteiger partial charge in [-0.05, 0) is 36.1 Å². The average molecular weight is 273 g/mol. The van der Waals surface area contributed by atoms with Gasteiger partial charge < -0.3 is 15.2 Å². The highest BCUT2D eigenvalue weighted by Crippen LogP contribution is 2.29. The summed E-state index contributed by atoms with van der Waals surface area (Å²) in [7, 11) is 1.67. The first-order valence-electron chi connectivity index (χ1n) is 7.27. The molecular formula is C17H23NO2. The second-order valence-corrected chi connectivity index (χ2v) is 5.17. The van der Waals surface area contributed by atoms with Crippen LogP contribution in [-0.4, -0.2) is 20.3 Å². The van der Waals surface area contributed by atoms with Crippen molar-refractivity contribution in [3.63, 3.8) is 0 Å². The van der Waals surface area contributed by atoms with Crippen LogP contribution in [0, 0.1) is 17.8 Å². The van der Waals surface area contributed by atoms with Gasteiger partial charge in [0.05, 0.1) is 20.3 Å². The smallest absolute Gasteiger partial charge is 0.119 e. The number of hydrogen-bond donors (Lipinski definition) is 1. The minimum Gasteiger partial charge on any atom is -0.497 e. The lowest BCUT2D eigenvalue weighted by Gasteiger charge is -2.24. The second-order valence-electron chi connectivity index (χ2n) is 5.17. The van der Waals surface area contributed by atoms with Crippen molar-refractivity contribution < 1.29 is 9.47 Å². The number of hydrogen-bond acceptors (Lipinski definition) is 3. The zero-order valence-corrected chi connectivity index (χ0v) is 12.2. The average Bonchev–Trinajstić information content (AvgIpc) is 2.43. The molecule has 0 saturated heterocycles. The highest BCUT2D eigenvalue weighted by molar-refractivity contribution is 5.45. The van der Waals surface area contributed by atoms with Gasteiger partial charge in [-0.25, -0.2) is 0 Å². The molecule has 3 nitrogen and oxygen atoms in total. The molecule has 0 heterocycles. The van der Waals surface area contributed by atoms with Crippen molar-refractivity contribution in [3.05, 3.63) is 29.3 Å². The van der Waals surface area contributed by atoms with Gasteiger partial charge in [0.25, 0.3) is 0 Å². The molecule has 108 valence electrons. The van der Waals surface area contributed by atoms with Crippen LogP contribution in [0.1, 0.15) is 36.8 Å². The molecular weight excluding hydrogens is 250 g/mol. The monoisotopic (exact) mass is 273 g/mol. The minimum atomic E-state index is 0.369. The van der Waals surface area contributed by atoms with Gasteiger partial charge in [-0.15, -0.1) is 0 Å². The molecule has 1 fully saturated rings. The van der Waals surface area contributed by atoms with Crippen molar-refractivity contribution in [2.75, 3.05) is 20.3 Å². The molecule has 1 aromatic carbocycles. The Labute approximate surface area is 121 Å². The molecule has 2 N–H and O–H groups in total. The molecule has 0 aromatic heterocycles. The SMILES string of the molecule is COc1ccc(C#CCN)c(COCCC2CCC2)c1. The third-order valence-electron chi connectivity index (χ3n) is 3.79. The Balaban J connectivity index is 1.91. The van der Waals surface area contributed by atoms with E-state index in [9.17, 15) is 0 Å². The topological polar surface area (TPSA) is 44.5 Å². The van der Waals surface area contributed by atoms with Gasteiger partial charge in [-0.2, -0.15) is 0 Å². The molecule has 20 heavy (non-hydrogen) atoms. The van der Waals surface area contributed by atoms with Crippen molar-refractivity contribution >= 4 is 0 Å². The van der Waals surface area contributed by atoms with Gasteiger partial charge in [-0.3, -0.25) is 0 Å². The molecule has 0 bridgehead atoms. The van der Waals surface area contributed by atoms with Gasteiger partial charge in [0.1, 0.15) is 5.75 Å². The van der Waals surface area contributed by atoms with E-state index in [1.807, 2.05) is 18.2 Å². The highest BCUT2D eigenvalue weighted by Gasteiger charge is 2.16. The third-order valence-corrected chi connectivity index (χ3v) is 3.79. The lowest BCUT2D eigenvalue weighted by molar-refractivity contribution is 0.0947. The second kappa shape index (κ2) is 7.94. The standard InChI is InChI=1S/C17H23NO2/c1-19-17-8-7-15(6-3-10-18)16(12-17)13-20-11-9-14-4-2-5-14/h7-8,12,14H,2,4-5,9-11,13,18H2,1H3. The van der Waals surface area contributed by atoms with Crippen LogP contribution >= 0.6 is 0 Å². The van der Waals surface area contributed by atoms with Crippen molar-refractivity contribution in [3.8, 4) is 17.6 Å². The van der Waals surface area contributed by atoms with Crippen molar-refractivity contribution in [1.29, 1.82) is 0 Å². The largest absolute Gasteiger partial charge is 0.497 e. The first kappa shape index (κ1) is 14.9. The first-order valence-corrected chi connectivity index (χ1v) is 7.27. The van der Waals surface area contributed by atoms with E-state index in [4.69, 9.17) is 15.2 Å². The Morgan fingerprint density at radius 1 is 1.35 bits per heavy atom. The zero-order chi connectivity index (χ0) is 14.2. The Bertz CT molecular complexity index is 483. The van der Waals surface area contributed by atoms with Gasteiger partial charge in [0, 0.05) is 12.2 Å². The van der Waals surface area contributed by atoms with Crippen molar-refractivity contribution in [1.82, 2.24) is 0 Å². The Kier molecular flexibility index (Phi) is 5.91. The molecule has 1 aliphatic rings. The summed E-state index contributed by atoms with van der Waals surface area (Å²) >= 11 is 0. The molecule has 0 spiro atoms. The molecule has 0 unspecified atom stereocenters. The summed E-state index contributed by atoms with van der Waals surface area (Å²) in [5, 5.41) is 0. The fourth-order valence-electron chi connectivity index (χ4n) is 2.30. The van der Waals surface area contributed by atoms with Gasteiger partial charge in [0.2, 0.25) is 0 Å². The number of methoxy groups -OCH3 is 1. The Morgan fingerprint density at radius 2 is 2.20 bits per heavy atom. The predicted octanol–water partition coefficient (Wildman–Crippen LogP) is 2.71. The molecule has 2 rings (SSSR count). The molecule has 1 saturated carbocycles. The van der Waals surface area contributed by atoms with Crippen molar-refractivity contribution in [2.24, 2.45) is 11.7 Å². The van der Waals surface area contributed by atoms with Crippen LogP contribution in [0.3, 0.4) is 0 Å². The molecule has 3 heteroatoms. The molecule has 0 amide bonds. The summed E-state index contributed by atoms with van der Waals surface area (Å²) in [6, 6.07) is 5.87. The molecule has 0 atom stereocenters. The Hall–Kier alpha value is -1.50. The molecule has 0 aliphatic heterocycles. The normalized spacial score (nSPS) is 14.3. The highest BCUT2D eigenvalue weighted by atomic mass is 16.5. The van der Waals surface area contributed by atoms with Gasteiger partial charge >= 0.3 is 0 Å². The van der Waals surface area contributed by atoms with E-state index in [1.54, 1.807) is 7.11 Å². The summed E-state index contributed by atoms with van der Waals surface area (Å²) in [6.45, 7) is 1.78. The third kappa shape index (κ3) is 4.26. The summed E-state index contributed by atoms with van der Waals surface area (Å²) in [4.78, 5) is 0. The summed E-state index contributed by atoms with van der Waals surface area (Å²) in [5.41, 5.74) is 7.47.